The van der Waals surface area contributed by atoms with Gasteiger partial charge in [-0.2, -0.15) is 8.42 Å². The Morgan fingerprint density at radius 1 is 0.923 bits per heavy atom. The molecule has 208 valence electrons. The van der Waals surface area contributed by atoms with E-state index in [0.29, 0.717) is 5.56 Å². The molecule has 3 aromatic rings. The number of carboxylic acids is 1. The minimum atomic E-state index is -4.17. The molecule has 3 aromatic carbocycles. The van der Waals surface area contributed by atoms with Gasteiger partial charge >= 0.3 is 16.1 Å². The van der Waals surface area contributed by atoms with Gasteiger partial charge in [0.2, 0.25) is 0 Å². The minimum Gasteiger partial charge on any atom is -0.493 e. The van der Waals surface area contributed by atoms with Gasteiger partial charge in [-0.05, 0) is 83.8 Å². The number of ether oxygens (including phenoxy) is 1. The van der Waals surface area contributed by atoms with Crippen molar-refractivity contribution in [1.29, 1.82) is 0 Å². The Morgan fingerprint density at radius 2 is 1.51 bits per heavy atom. The van der Waals surface area contributed by atoms with Gasteiger partial charge in [-0.3, -0.25) is 0 Å². The molecule has 2 atom stereocenters. The van der Waals surface area contributed by atoms with Crippen molar-refractivity contribution in [1.82, 2.24) is 0 Å². The Kier molecular flexibility index (Phi) is 9.82. The van der Waals surface area contributed by atoms with Crippen LogP contribution in [-0.4, -0.2) is 35.0 Å². The van der Waals surface area contributed by atoms with E-state index in [1.807, 2.05) is 0 Å². The van der Waals surface area contributed by atoms with Gasteiger partial charge in [0.25, 0.3) is 9.05 Å². The van der Waals surface area contributed by atoms with Crippen molar-refractivity contribution in [2.24, 2.45) is 0 Å². The first-order valence-electron chi connectivity index (χ1n) is 12.0. The van der Waals surface area contributed by atoms with Crippen LogP contribution in [0.1, 0.15) is 55.2 Å². The van der Waals surface area contributed by atoms with Gasteiger partial charge in [-0.1, -0.05) is 44.2 Å². The molecular formula is C28H29ClO8S2. The van der Waals surface area contributed by atoms with E-state index in [1.54, 1.807) is 24.3 Å². The Labute approximate surface area is 233 Å². The third-order valence-corrected chi connectivity index (χ3v) is 8.93. The summed E-state index contributed by atoms with van der Waals surface area (Å²) < 4.78 is 59.5. The normalized spacial score (nSPS) is 13.6. The number of carboxylic acid groups (broad SMARTS) is 1. The lowest BCUT2D eigenvalue weighted by Crippen LogP contribution is -2.11. The highest BCUT2D eigenvalue weighted by molar-refractivity contribution is 8.13. The van der Waals surface area contributed by atoms with Crippen molar-refractivity contribution in [2.75, 3.05) is 7.11 Å². The van der Waals surface area contributed by atoms with Crippen LogP contribution in [0, 0.1) is 0 Å². The molecule has 2 unspecified atom stereocenters. The van der Waals surface area contributed by atoms with E-state index in [0.717, 1.165) is 30.0 Å². The van der Waals surface area contributed by atoms with E-state index in [9.17, 15) is 21.6 Å². The SMILES string of the molecule is CCC(CC(C)c1ccc(S(=O)(=O)Cl)cc1)c1ccc(S(=O)(=O)Oc2ccc(/C=C/C(=O)O)cc2OC)cc1. The molecule has 11 heteroatoms. The van der Waals surface area contributed by atoms with Crippen molar-refractivity contribution in [3.63, 3.8) is 0 Å². The van der Waals surface area contributed by atoms with Crippen molar-refractivity contribution in [3.05, 3.63) is 89.5 Å². The van der Waals surface area contributed by atoms with Gasteiger partial charge in [-0.25, -0.2) is 13.2 Å². The summed E-state index contributed by atoms with van der Waals surface area (Å²) in [5.41, 5.74) is 2.45. The molecule has 0 heterocycles. The van der Waals surface area contributed by atoms with Crippen LogP contribution >= 0.6 is 10.7 Å². The summed E-state index contributed by atoms with van der Waals surface area (Å²) >= 11 is 0. The summed E-state index contributed by atoms with van der Waals surface area (Å²) in [6.45, 7) is 4.10. The number of carbonyl (C=O) groups is 1. The van der Waals surface area contributed by atoms with Crippen LogP contribution in [0.3, 0.4) is 0 Å². The molecule has 0 aliphatic rings. The first kappa shape index (κ1) is 30.2. The third-order valence-electron chi connectivity index (χ3n) is 6.31. The molecule has 8 nitrogen and oxygen atoms in total. The standard InChI is InChI=1S/C28H29ClO8S2/c1-4-21(17-19(2)22-7-11-24(12-8-22)38(29,32)33)23-9-13-25(14-10-23)39(34,35)37-26-15-5-20(6-16-28(30)31)18-27(26)36-3/h5-16,18-19,21H,4,17H2,1-3H3,(H,30,31)/b16-6+. The predicted molar refractivity (Wildman–Crippen MR) is 149 cm³/mol. The zero-order chi connectivity index (χ0) is 28.8. The van der Waals surface area contributed by atoms with Gasteiger partial charge in [0.15, 0.2) is 11.5 Å². The van der Waals surface area contributed by atoms with E-state index in [-0.39, 0.29) is 33.1 Å². The van der Waals surface area contributed by atoms with Gasteiger partial charge in [0.1, 0.15) is 4.90 Å². The maximum absolute atomic E-state index is 13.0. The van der Waals surface area contributed by atoms with Crippen molar-refractivity contribution < 1.29 is 35.7 Å². The average molecular weight is 593 g/mol. The van der Waals surface area contributed by atoms with Gasteiger partial charge in [0, 0.05) is 16.8 Å². The second-order valence-electron chi connectivity index (χ2n) is 8.94. The van der Waals surface area contributed by atoms with Gasteiger partial charge in [0.05, 0.1) is 12.0 Å². The molecular weight excluding hydrogens is 564 g/mol. The fourth-order valence-corrected chi connectivity index (χ4v) is 5.87. The first-order chi connectivity index (χ1) is 18.3. The zero-order valence-electron chi connectivity index (χ0n) is 21.6. The van der Waals surface area contributed by atoms with E-state index in [2.05, 4.69) is 13.8 Å². The van der Waals surface area contributed by atoms with Crippen molar-refractivity contribution in [2.45, 2.75) is 48.3 Å². The van der Waals surface area contributed by atoms with E-state index in [4.69, 9.17) is 24.7 Å². The molecule has 0 amide bonds. The molecule has 0 aromatic heterocycles. The third kappa shape index (κ3) is 8.08. The van der Waals surface area contributed by atoms with Crippen LogP contribution in [0.15, 0.2) is 82.6 Å². The molecule has 0 radical (unpaired) electrons. The van der Waals surface area contributed by atoms with Crippen LogP contribution in [0.25, 0.3) is 6.08 Å². The lowest BCUT2D eigenvalue weighted by molar-refractivity contribution is -0.131. The maximum atomic E-state index is 13.0. The molecule has 3 rings (SSSR count). The van der Waals surface area contributed by atoms with Crippen LogP contribution in [0.2, 0.25) is 0 Å². The Morgan fingerprint density at radius 3 is 2.05 bits per heavy atom. The van der Waals surface area contributed by atoms with Crippen molar-refractivity contribution in [3.8, 4) is 11.5 Å². The lowest BCUT2D eigenvalue weighted by atomic mass is 9.85. The monoisotopic (exact) mass is 592 g/mol. The number of hydrogen-bond acceptors (Lipinski definition) is 7. The second kappa shape index (κ2) is 12.7. The van der Waals surface area contributed by atoms with Crippen molar-refractivity contribution >= 4 is 41.9 Å². The number of hydrogen-bond donors (Lipinski definition) is 1. The van der Waals surface area contributed by atoms with Crippen LogP contribution in [0.4, 0.5) is 0 Å². The number of benzene rings is 3. The number of methoxy groups -OCH3 is 1. The highest BCUT2D eigenvalue weighted by Gasteiger charge is 2.21. The van der Waals surface area contributed by atoms with Crippen LogP contribution in [-0.2, 0) is 24.0 Å². The summed E-state index contributed by atoms with van der Waals surface area (Å²) in [6.07, 6.45) is 3.90. The van der Waals surface area contributed by atoms with Crippen LogP contribution < -0.4 is 8.92 Å². The number of rotatable bonds is 12. The average Bonchev–Trinajstić information content (AvgIpc) is 2.90. The number of halogens is 1. The molecule has 0 aliphatic heterocycles. The topological polar surface area (TPSA) is 124 Å². The quantitative estimate of drug-likeness (QED) is 0.150. The van der Waals surface area contributed by atoms with Gasteiger partial charge < -0.3 is 14.0 Å². The lowest BCUT2D eigenvalue weighted by Gasteiger charge is -2.21. The molecule has 0 fully saturated rings. The summed E-state index contributed by atoms with van der Waals surface area (Å²) in [4.78, 5) is 10.8. The van der Waals surface area contributed by atoms with E-state index < -0.39 is 25.1 Å². The Hall–Kier alpha value is -3.34. The minimum absolute atomic E-state index is 0.0241. The smallest absolute Gasteiger partial charge is 0.339 e. The van der Waals surface area contributed by atoms with E-state index in [1.165, 1.54) is 55.7 Å². The molecule has 0 bridgehead atoms. The Bertz CT molecular complexity index is 1550. The fraction of sp³-hybridized carbons (Fsp3) is 0.250. The van der Waals surface area contributed by atoms with Crippen LogP contribution in [0.5, 0.6) is 11.5 Å². The van der Waals surface area contributed by atoms with Gasteiger partial charge in [-0.15, -0.1) is 0 Å². The first-order valence-corrected chi connectivity index (χ1v) is 15.7. The number of aliphatic carboxylic acids is 1. The summed E-state index contributed by atoms with van der Waals surface area (Å²) in [5.74, 6) is -0.740. The molecule has 0 aliphatic carbocycles. The summed E-state index contributed by atoms with van der Waals surface area (Å²) in [7, 11) is -1.19. The molecule has 0 saturated heterocycles. The summed E-state index contributed by atoms with van der Waals surface area (Å²) in [6, 6.07) is 17.4. The zero-order valence-corrected chi connectivity index (χ0v) is 24.0. The summed E-state index contributed by atoms with van der Waals surface area (Å²) in [5, 5.41) is 8.79. The molecule has 39 heavy (non-hydrogen) atoms. The molecule has 1 N–H and O–H groups in total. The molecule has 0 saturated carbocycles. The highest BCUT2D eigenvalue weighted by atomic mass is 35.7. The highest BCUT2D eigenvalue weighted by Crippen LogP contribution is 2.34. The molecule has 0 spiro atoms. The fourth-order valence-electron chi connectivity index (χ4n) is 4.16. The largest absolute Gasteiger partial charge is 0.493 e. The maximum Gasteiger partial charge on any atom is 0.339 e. The predicted octanol–water partition coefficient (Wildman–Crippen LogP) is 6.18. The Balaban J connectivity index is 1.74. The second-order valence-corrected chi connectivity index (χ2v) is 13.0. The van der Waals surface area contributed by atoms with E-state index >= 15 is 0 Å².